The summed E-state index contributed by atoms with van der Waals surface area (Å²) >= 11 is 6.61. The molecule has 0 fully saturated rings. The Hall–Kier alpha value is -0.790. The molecule has 2 rings (SSSR count). The first kappa shape index (κ1) is 20.5. The fourth-order valence-corrected chi connectivity index (χ4v) is 3.60. The van der Waals surface area contributed by atoms with Gasteiger partial charge in [-0.25, -0.2) is 4.57 Å². The first-order valence-electron chi connectivity index (χ1n) is 7.19. The molecule has 0 bridgehead atoms. The third-order valence-electron chi connectivity index (χ3n) is 3.21. The van der Waals surface area contributed by atoms with Crippen LogP contribution < -0.4 is 4.52 Å². The monoisotopic (exact) mass is 498 g/mol. The largest absolute Gasteiger partial charge is 0.442 e. The molecule has 2 aromatic carbocycles. The van der Waals surface area contributed by atoms with Crippen LogP contribution in [0.25, 0.3) is 0 Å². The van der Waals surface area contributed by atoms with Gasteiger partial charge in [0, 0.05) is 4.47 Å². The molecule has 4 nitrogen and oxygen atoms in total. The number of rotatable bonds is 8. The van der Waals surface area contributed by atoms with Crippen LogP contribution in [-0.2, 0) is 22.3 Å². The van der Waals surface area contributed by atoms with Crippen molar-refractivity contribution in [2.24, 2.45) is 0 Å². The fourth-order valence-electron chi connectivity index (χ4n) is 1.96. The maximum absolute atomic E-state index is 12.4. The SMILES string of the molecule is O=P(O)(Oc1ccc(COCCc2ccccc2Br)cc1Br)C(F)F. The van der Waals surface area contributed by atoms with Crippen molar-refractivity contribution < 1.29 is 27.5 Å². The van der Waals surface area contributed by atoms with E-state index in [0.29, 0.717) is 17.7 Å². The third kappa shape index (κ3) is 6.15. The second kappa shape index (κ2) is 9.24. The first-order valence-corrected chi connectivity index (χ1v) is 10.4. The predicted octanol–water partition coefficient (Wildman–Crippen LogP) is 5.76. The quantitative estimate of drug-likeness (QED) is 0.370. The Bertz CT molecular complexity index is 774. The van der Waals surface area contributed by atoms with Crippen LogP contribution >= 0.6 is 39.5 Å². The van der Waals surface area contributed by atoms with Gasteiger partial charge in [-0.15, -0.1) is 0 Å². The Kier molecular flexibility index (Phi) is 7.58. The van der Waals surface area contributed by atoms with E-state index in [2.05, 4.69) is 36.4 Å². The summed E-state index contributed by atoms with van der Waals surface area (Å²) in [5.74, 6) is -0.122. The number of halogens is 4. The smallest absolute Gasteiger partial charge is 0.420 e. The molecule has 0 amide bonds. The van der Waals surface area contributed by atoms with Gasteiger partial charge in [0.25, 0.3) is 0 Å². The molecule has 0 aliphatic heterocycles. The van der Waals surface area contributed by atoms with E-state index in [0.717, 1.165) is 22.0 Å². The van der Waals surface area contributed by atoms with Crippen LogP contribution in [0, 0.1) is 0 Å². The van der Waals surface area contributed by atoms with Crippen LogP contribution in [-0.4, -0.2) is 17.7 Å². The van der Waals surface area contributed by atoms with Crippen LogP contribution in [0.1, 0.15) is 11.1 Å². The van der Waals surface area contributed by atoms with Crippen molar-refractivity contribution in [3.05, 3.63) is 62.5 Å². The molecular formula is C16H15Br2F2O4P. The van der Waals surface area contributed by atoms with Gasteiger partial charge in [-0.2, -0.15) is 8.78 Å². The standard InChI is InChI=1S/C16H15Br2F2O4P/c17-13-4-2-1-3-12(13)7-8-23-10-11-5-6-15(14(18)9-11)24-25(21,22)16(19)20/h1-6,9,16H,7-8,10H2,(H,21,22). The molecule has 0 radical (unpaired) electrons. The van der Waals surface area contributed by atoms with E-state index in [1.54, 1.807) is 12.1 Å². The first-order chi connectivity index (χ1) is 11.8. The molecule has 0 aliphatic carbocycles. The highest BCUT2D eigenvalue weighted by atomic mass is 79.9. The molecule has 0 saturated heterocycles. The Morgan fingerprint density at radius 2 is 1.84 bits per heavy atom. The van der Waals surface area contributed by atoms with Crippen molar-refractivity contribution >= 4 is 39.5 Å². The highest BCUT2D eigenvalue weighted by Crippen LogP contribution is 2.50. The van der Waals surface area contributed by atoms with Gasteiger partial charge in [0.2, 0.25) is 0 Å². The molecule has 25 heavy (non-hydrogen) atoms. The molecule has 0 saturated carbocycles. The van der Waals surface area contributed by atoms with Crippen molar-refractivity contribution in [3.63, 3.8) is 0 Å². The molecule has 1 atom stereocenters. The van der Waals surface area contributed by atoms with Gasteiger partial charge in [0.15, 0.2) is 0 Å². The van der Waals surface area contributed by atoms with Gasteiger partial charge >= 0.3 is 13.8 Å². The Morgan fingerprint density at radius 3 is 2.48 bits per heavy atom. The third-order valence-corrected chi connectivity index (χ3v) is 5.56. The van der Waals surface area contributed by atoms with Crippen molar-refractivity contribution in [2.45, 2.75) is 19.2 Å². The zero-order valence-electron chi connectivity index (χ0n) is 12.9. The number of hydrogen-bond donors (Lipinski definition) is 1. The normalized spacial score (nSPS) is 13.7. The molecule has 1 unspecified atom stereocenters. The van der Waals surface area contributed by atoms with Gasteiger partial charge in [-0.05, 0) is 51.7 Å². The van der Waals surface area contributed by atoms with Gasteiger partial charge in [0.05, 0.1) is 17.7 Å². The van der Waals surface area contributed by atoms with Crippen LogP contribution in [0.4, 0.5) is 8.78 Å². The number of hydrogen-bond acceptors (Lipinski definition) is 3. The minimum Gasteiger partial charge on any atom is -0.420 e. The van der Waals surface area contributed by atoms with E-state index in [1.165, 1.54) is 6.07 Å². The molecular weight excluding hydrogens is 485 g/mol. The summed E-state index contributed by atoms with van der Waals surface area (Å²) in [4.78, 5) is 9.08. The molecule has 2 aromatic rings. The fraction of sp³-hybridized carbons (Fsp3) is 0.250. The highest BCUT2D eigenvalue weighted by Gasteiger charge is 2.34. The van der Waals surface area contributed by atoms with Crippen LogP contribution in [0.5, 0.6) is 5.75 Å². The van der Waals surface area contributed by atoms with E-state index in [9.17, 15) is 13.3 Å². The van der Waals surface area contributed by atoms with E-state index in [-0.39, 0.29) is 5.75 Å². The van der Waals surface area contributed by atoms with Crippen molar-refractivity contribution in [2.75, 3.05) is 6.61 Å². The lowest BCUT2D eigenvalue weighted by Crippen LogP contribution is -2.02. The summed E-state index contributed by atoms with van der Waals surface area (Å²) in [6.07, 6.45) is -2.72. The molecule has 0 aliphatic rings. The zero-order valence-corrected chi connectivity index (χ0v) is 16.9. The van der Waals surface area contributed by atoms with E-state index in [4.69, 9.17) is 9.63 Å². The van der Waals surface area contributed by atoms with Gasteiger partial charge in [-0.1, -0.05) is 40.2 Å². The topological polar surface area (TPSA) is 55.8 Å². The summed E-state index contributed by atoms with van der Waals surface area (Å²) in [6, 6.07) is 12.4. The number of benzene rings is 2. The second-order valence-corrected chi connectivity index (χ2v) is 8.50. The summed E-state index contributed by atoms with van der Waals surface area (Å²) in [5.41, 5.74) is 1.91. The lowest BCUT2D eigenvalue weighted by atomic mass is 10.2. The second-order valence-electron chi connectivity index (χ2n) is 5.09. The summed E-state index contributed by atoms with van der Waals surface area (Å²) in [7, 11) is -4.99. The zero-order chi connectivity index (χ0) is 18.4. The van der Waals surface area contributed by atoms with Gasteiger partial charge in [-0.3, -0.25) is 0 Å². The summed E-state index contributed by atoms with van der Waals surface area (Å²) < 4.78 is 47.5. The average Bonchev–Trinajstić information content (AvgIpc) is 2.55. The number of ether oxygens (including phenoxy) is 1. The Balaban J connectivity index is 1.88. The Morgan fingerprint density at radius 1 is 1.12 bits per heavy atom. The van der Waals surface area contributed by atoms with Crippen molar-refractivity contribution in [3.8, 4) is 5.75 Å². The molecule has 0 spiro atoms. The average molecular weight is 500 g/mol. The van der Waals surface area contributed by atoms with E-state index < -0.39 is 13.8 Å². The number of alkyl halides is 2. The van der Waals surface area contributed by atoms with Gasteiger partial charge in [0.1, 0.15) is 5.75 Å². The maximum Gasteiger partial charge on any atom is 0.442 e. The molecule has 9 heteroatoms. The summed E-state index contributed by atoms with van der Waals surface area (Å²) in [6.45, 7) is 0.824. The predicted molar refractivity (Wildman–Crippen MR) is 98.1 cm³/mol. The molecule has 1 N–H and O–H groups in total. The maximum atomic E-state index is 12.4. The minimum absolute atomic E-state index is 0.122. The molecule has 0 aromatic heterocycles. The lowest BCUT2D eigenvalue weighted by Gasteiger charge is -2.14. The van der Waals surface area contributed by atoms with E-state index in [1.807, 2.05) is 24.3 Å². The van der Waals surface area contributed by atoms with Crippen LogP contribution in [0.3, 0.4) is 0 Å². The van der Waals surface area contributed by atoms with Crippen LogP contribution in [0.2, 0.25) is 0 Å². The van der Waals surface area contributed by atoms with E-state index >= 15 is 0 Å². The molecule has 136 valence electrons. The molecule has 0 heterocycles. The minimum atomic E-state index is -4.99. The van der Waals surface area contributed by atoms with Gasteiger partial charge < -0.3 is 14.2 Å². The summed E-state index contributed by atoms with van der Waals surface area (Å²) in [5, 5.41) is 0. The van der Waals surface area contributed by atoms with Crippen LogP contribution in [0.15, 0.2) is 51.4 Å². The van der Waals surface area contributed by atoms with Crippen molar-refractivity contribution in [1.29, 1.82) is 0 Å². The lowest BCUT2D eigenvalue weighted by molar-refractivity contribution is 0.123. The van der Waals surface area contributed by atoms with Crippen molar-refractivity contribution in [1.82, 2.24) is 0 Å². The Labute approximate surface area is 160 Å². The highest BCUT2D eigenvalue weighted by molar-refractivity contribution is 9.10.